The van der Waals surface area contributed by atoms with E-state index in [1.54, 1.807) is 12.1 Å². The summed E-state index contributed by atoms with van der Waals surface area (Å²) in [6.07, 6.45) is 1.07. The molecule has 166 valence electrons. The molecule has 0 saturated heterocycles. The van der Waals surface area contributed by atoms with Gasteiger partial charge in [0.1, 0.15) is 5.82 Å². The first kappa shape index (κ1) is 22.5. The van der Waals surface area contributed by atoms with Crippen LogP contribution < -0.4 is 5.32 Å². The zero-order valence-corrected chi connectivity index (χ0v) is 18.8. The molecule has 0 bridgehead atoms. The van der Waals surface area contributed by atoms with E-state index in [0.717, 1.165) is 16.7 Å². The van der Waals surface area contributed by atoms with Crippen molar-refractivity contribution in [3.8, 4) is 0 Å². The molecule has 0 aliphatic carbocycles. The lowest BCUT2D eigenvalue weighted by molar-refractivity contribution is 0.0954. The van der Waals surface area contributed by atoms with E-state index in [0.29, 0.717) is 19.4 Å². The van der Waals surface area contributed by atoms with Crippen molar-refractivity contribution in [2.75, 3.05) is 13.1 Å². The summed E-state index contributed by atoms with van der Waals surface area (Å²) in [5, 5.41) is 2.89. The Hall–Kier alpha value is -2.74. The Labute approximate surface area is 191 Å². The van der Waals surface area contributed by atoms with Gasteiger partial charge in [-0.15, -0.1) is 0 Å². The van der Waals surface area contributed by atoms with E-state index in [9.17, 15) is 17.6 Å². The third kappa shape index (κ3) is 4.85. The summed E-state index contributed by atoms with van der Waals surface area (Å²) < 4.78 is 41.2. The molecule has 0 fully saturated rings. The Morgan fingerprint density at radius 2 is 1.81 bits per heavy atom. The molecule has 1 amide bonds. The van der Waals surface area contributed by atoms with Gasteiger partial charge in [-0.1, -0.05) is 48.0 Å². The van der Waals surface area contributed by atoms with Gasteiger partial charge in [-0.05, 0) is 59.9 Å². The van der Waals surface area contributed by atoms with Crippen LogP contribution in [0.1, 0.15) is 27.0 Å². The van der Waals surface area contributed by atoms with Gasteiger partial charge >= 0.3 is 0 Å². The molecule has 0 spiro atoms. The molecule has 0 aromatic heterocycles. The van der Waals surface area contributed by atoms with Crippen molar-refractivity contribution in [1.82, 2.24) is 9.62 Å². The highest BCUT2D eigenvalue weighted by Crippen LogP contribution is 2.27. The molecule has 4 rings (SSSR count). The number of nitrogens with zero attached hydrogens (tertiary/aromatic N) is 1. The molecular weight excluding hydrogens is 451 g/mol. The van der Waals surface area contributed by atoms with E-state index in [1.165, 1.54) is 34.6 Å². The van der Waals surface area contributed by atoms with Crippen molar-refractivity contribution in [1.29, 1.82) is 0 Å². The first-order valence-corrected chi connectivity index (χ1v) is 12.1. The number of rotatable bonds is 6. The Kier molecular flexibility index (Phi) is 6.60. The van der Waals surface area contributed by atoms with Crippen molar-refractivity contribution in [2.24, 2.45) is 0 Å². The standard InChI is InChI=1S/C24H22ClFN2O3S/c25-23-9-8-21(32(30,31)28-13-11-18-5-1-2-6-19(18)16-28)15-22(23)24(29)27-12-10-17-4-3-7-20(26)14-17/h1-9,14-15H,10-13,16H2,(H,27,29). The summed E-state index contributed by atoms with van der Waals surface area (Å²) >= 11 is 6.19. The Morgan fingerprint density at radius 1 is 1.03 bits per heavy atom. The van der Waals surface area contributed by atoms with Gasteiger partial charge in [0.05, 0.1) is 15.5 Å². The van der Waals surface area contributed by atoms with E-state index in [4.69, 9.17) is 11.6 Å². The van der Waals surface area contributed by atoms with E-state index in [2.05, 4.69) is 5.32 Å². The quantitative estimate of drug-likeness (QED) is 0.584. The average molecular weight is 473 g/mol. The molecule has 3 aromatic rings. The van der Waals surface area contributed by atoms with Gasteiger partial charge in [-0.3, -0.25) is 4.79 Å². The number of fused-ring (bicyclic) bond motifs is 1. The number of carbonyl (C=O) groups is 1. The fourth-order valence-corrected chi connectivity index (χ4v) is 5.42. The lowest BCUT2D eigenvalue weighted by Gasteiger charge is -2.28. The van der Waals surface area contributed by atoms with Crippen LogP contribution in [0.4, 0.5) is 4.39 Å². The largest absolute Gasteiger partial charge is 0.352 e. The highest BCUT2D eigenvalue weighted by Gasteiger charge is 2.29. The number of carbonyl (C=O) groups excluding carboxylic acids is 1. The van der Waals surface area contributed by atoms with Crippen LogP contribution in [0.3, 0.4) is 0 Å². The molecule has 3 aromatic carbocycles. The van der Waals surface area contributed by atoms with E-state index in [1.807, 2.05) is 24.3 Å². The third-order valence-electron chi connectivity index (χ3n) is 5.50. The van der Waals surface area contributed by atoms with Gasteiger partial charge in [-0.25, -0.2) is 12.8 Å². The highest BCUT2D eigenvalue weighted by molar-refractivity contribution is 7.89. The van der Waals surface area contributed by atoms with Crippen LogP contribution in [0, 0.1) is 5.82 Å². The van der Waals surface area contributed by atoms with Crippen LogP contribution in [0.5, 0.6) is 0 Å². The first-order chi connectivity index (χ1) is 15.3. The lowest BCUT2D eigenvalue weighted by atomic mass is 10.0. The topological polar surface area (TPSA) is 66.5 Å². The molecule has 8 heteroatoms. The molecule has 1 aliphatic heterocycles. The van der Waals surface area contributed by atoms with Crippen LogP contribution in [0.25, 0.3) is 0 Å². The summed E-state index contributed by atoms with van der Waals surface area (Å²) in [5.41, 5.74) is 2.96. The van der Waals surface area contributed by atoms with Crippen LogP contribution in [-0.2, 0) is 29.4 Å². The minimum Gasteiger partial charge on any atom is -0.352 e. The zero-order valence-electron chi connectivity index (χ0n) is 17.2. The van der Waals surface area contributed by atoms with Crippen LogP contribution in [-0.4, -0.2) is 31.7 Å². The van der Waals surface area contributed by atoms with Crippen LogP contribution in [0.2, 0.25) is 5.02 Å². The second kappa shape index (κ2) is 9.40. The predicted octanol–water partition coefficient (Wildman–Crippen LogP) is 4.20. The van der Waals surface area contributed by atoms with Crippen molar-refractivity contribution in [3.05, 3.63) is 99.8 Å². The number of nitrogens with one attached hydrogen (secondary N) is 1. The van der Waals surface area contributed by atoms with Gasteiger partial charge in [0.25, 0.3) is 5.91 Å². The molecule has 0 radical (unpaired) electrons. The molecule has 0 saturated carbocycles. The molecule has 0 atom stereocenters. The molecule has 0 unspecified atom stereocenters. The second-order valence-electron chi connectivity index (χ2n) is 7.63. The summed E-state index contributed by atoms with van der Waals surface area (Å²) in [4.78, 5) is 12.7. The van der Waals surface area contributed by atoms with Crippen LogP contribution >= 0.6 is 11.6 Å². The fourth-order valence-electron chi connectivity index (χ4n) is 3.77. The normalized spacial score (nSPS) is 14.1. The third-order valence-corrected chi connectivity index (χ3v) is 7.67. The van der Waals surface area contributed by atoms with Crippen molar-refractivity contribution < 1.29 is 17.6 Å². The van der Waals surface area contributed by atoms with Gasteiger partial charge < -0.3 is 5.32 Å². The minimum absolute atomic E-state index is 0.0246. The number of benzene rings is 3. The van der Waals surface area contributed by atoms with E-state index < -0.39 is 15.9 Å². The summed E-state index contributed by atoms with van der Waals surface area (Å²) in [6.45, 7) is 0.923. The van der Waals surface area contributed by atoms with Crippen molar-refractivity contribution in [3.63, 3.8) is 0 Å². The molecule has 5 nitrogen and oxygen atoms in total. The van der Waals surface area contributed by atoms with Crippen LogP contribution in [0.15, 0.2) is 71.6 Å². The van der Waals surface area contributed by atoms with Crippen molar-refractivity contribution >= 4 is 27.5 Å². The lowest BCUT2D eigenvalue weighted by Crippen LogP contribution is -2.36. The van der Waals surface area contributed by atoms with Crippen molar-refractivity contribution in [2.45, 2.75) is 24.3 Å². The van der Waals surface area contributed by atoms with E-state index in [-0.39, 0.29) is 34.4 Å². The monoisotopic (exact) mass is 472 g/mol. The Morgan fingerprint density at radius 3 is 2.59 bits per heavy atom. The molecule has 1 heterocycles. The molecular formula is C24H22ClFN2O3S. The predicted molar refractivity (Wildman–Crippen MR) is 122 cm³/mol. The number of halogens is 2. The van der Waals surface area contributed by atoms with Gasteiger partial charge in [0, 0.05) is 19.6 Å². The molecule has 1 aliphatic rings. The second-order valence-corrected chi connectivity index (χ2v) is 9.98. The van der Waals surface area contributed by atoms with Gasteiger partial charge in [0.15, 0.2) is 0 Å². The summed E-state index contributed by atoms with van der Waals surface area (Å²) in [7, 11) is -3.79. The summed E-state index contributed by atoms with van der Waals surface area (Å²) in [5.74, 6) is -0.817. The summed E-state index contributed by atoms with van der Waals surface area (Å²) in [6, 6.07) is 18.1. The fraction of sp³-hybridized carbons (Fsp3) is 0.208. The molecule has 1 N–H and O–H groups in total. The Bertz CT molecular complexity index is 1260. The van der Waals surface area contributed by atoms with E-state index >= 15 is 0 Å². The zero-order chi connectivity index (χ0) is 22.7. The number of sulfonamides is 1. The molecule has 32 heavy (non-hydrogen) atoms. The minimum atomic E-state index is -3.79. The maximum Gasteiger partial charge on any atom is 0.252 e. The Balaban J connectivity index is 1.48. The first-order valence-electron chi connectivity index (χ1n) is 10.2. The number of hydrogen-bond acceptors (Lipinski definition) is 3. The highest BCUT2D eigenvalue weighted by atomic mass is 35.5. The number of hydrogen-bond donors (Lipinski definition) is 1. The van der Waals surface area contributed by atoms with Gasteiger partial charge in [0.2, 0.25) is 10.0 Å². The maximum absolute atomic E-state index is 13.3. The maximum atomic E-state index is 13.3. The SMILES string of the molecule is O=C(NCCc1cccc(F)c1)c1cc(S(=O)(=O)N2CCc3ccccc3C2)ccc1Cl. The smallest absolute Gasteiger partial charge is 0.252 e. The van der Waals surface area contributed by atoms with Gasteiger partial charge in [-0.2, -0.15) is 4.31 Å². The number of amides is 1. The average Bonchev–Trinajstić information content (AvgIpc) is 2.79.